The molecule has 0 radical (unpaired) electrons. The van der Waals surface area contributed by atoms with Crippen molar-refractivity contribution in [2.24, 2.45) is 12.0 Å². The van der Waals surface area contributed by atoms with E-state index in [1.807, 2.05) is 18.7 Å². The Labute approximate surface area is 129 Å². The van der Waals surface area contributed by atoms with Crippen molar-refractivity contribution in [3.63, 3.8) is 0 Å². The average Bonchev–Trinajstić information content (AvgIpc) is 2.76. The minimum absolute atomic E-state index is 0.197. The summed E-state index contributed by atoms with van der Waals surface area (Å²) in [5.74, 6) is 0.359. The van der Waals surface area contributed by atoms with Crippen LogP contribution < -0.4 is 10.6 Å². The van der Waals surface area contributed by atoms with Crippen molar-refractivity contribution in [1.82, 2.24) is 20.4 Å². The van der Waals surface area contributed by atoms with Crippen molar-refractivity contribution in [2.75, 3.05) is 13.6 Å². The van der Waals surface area contributed by atoms with Crippen LogP contribution in [0.15, 0.2) is 4.99 Å². The molecule has 22 heavy (non-hydrogen) atoms. The summed E-state index contributed by atoms with van der Waals surface area (Å²) in [5, 5.41) is 10.2. The van der Waals surface area contributed by atoms with E-state index >= 15 is 0 Å². The van der Waals surface area contributed by atoms with Gasteiger partial charge in [-0.25, -0.2) is 0 Å². The van der Waals surface area contributed by atoms with Crippen LogP contribution in [0.5, 0.6) is 0 Å². The van der Waals surface area contributed by atoms with E-state index in [1.165, 1.54) is 7.05 Å². The van der Waals surface area contributed by atoms with Gasteiger partial charge in [0.15, 0.2) is 5.96 Å². The summed E-state index contributed by atoms with van der Waals surface area (Å²) in [6, 6.07) is 0. The molecule has 2 N–H and O–H groups in total. The number of hydrogen-bond donors (Lipinski definition) is 2. The van der Waals surface area contributed by atoms with Gasteiger partial charge in [-0.1, -0.05) is 13.8 Å². The summed E-state index contributed by atoms with van der Waals surface area (Å²) < 4.78 is 38.3. The summed E-state index contributed by atoms with van der Waals surface area (Å²) in [6.45, 7) is 4.38. The number of nitrogens with zero attached hydrogens (tertiary/aromatic N) is 3. The zero-order valence-corrected chi connectivity index (χ0v) is 13.5. The predicted octanol–water partition coefficient (Wildman–Crippen LogP) is 2.16. The van der Waals surface area contributed by atoms with E-state index in [-0.39, 0.29) is 6.54 Å². The van der Waals surface area contributed by atoms with Crippen LogP contribution in [-0.2, 0) is 26.4 Å². The van der Waals surface area contributed by atoms with Crippen molar-refractivity contribution in [3.05, 3.63) is 17.0 Å². The SMILES string of the molecule is CCc1nn(C)c(CC)c1CNC(=NC)NCCC(F)(F)F. The van der Waals surface area contributed by atoms with E-state index in [0.717, 1.165) is 29.8 Å². The Morgan fingerprint density at radius 1 is 1.23 bits per heavy atom. The van der Waals surface area contributed by atoms with Gasteiger partial charge in [0.1, 0.15) is 0 Å². The molecule has 0 saturated heterocycles. The fourth-order valence-corrected chi connectivity index (χ4v) is 2.31. The lowest BCUT2D eigenvalue weighted by Crippen LogP contribution is -2.38. The van der Waals surface area contributed by atoms with Crippen molar-refractivity contribution in [2.45, 2.75) is 45.8 Å². The zero-order chi connectivity index (χ0) is 16.8. The number of aliphatic imine (C=N–C) groups is 1. The third-order valence-electron chi connectivity index (χ3n) is 3.38. The standard InChI is InChI=1S/C14H24F3N5/c1-5-11-10(12(6-2)22(4)21-11)9-20-13(18-3)19-8-7-14(15,16)17/h5-9H2,1-4H3,(H2,18,19,20). The molecular formula is C14H24F3N5. The number of rotatable bonds is 6. The number of halogens is 3. The highest BCUT2D eigenvalue weighted by Crippen LogP contribution is 2.18. The van der Waals surface area contributed by atoms with Crippen LogP contribution in [0.25, 0.3) is 0 Å². The molecule has 8 heteroatoms. The highest BCUT2D eigenvalue weighted by molar-refractivity contribution is 5.79. The van der Waals surface area contributed by atoms with Gasteiger partial charge in [0.2, 0.25) is 0 Å². The van der Waals surface area contributed by atoms with E-state index in [2.05, 4.69) is 27.6 Å². The predicted molar refractivity (Wildman–Crippen MR) is 80.8 cm³/mol. The third-order valence-corrected chi connectivity index (χ3v) is 3.38. The molecule has 1 heterocycles. The first kappa shape index (κ1) is 18.3. The van der Waals surface area contributed by atoms with Crippen molar-refractivity contribution >= 4 is 5.96 Å². The molecule has 126 valence electrons. The summed E-state index contributed by atoms with van der Waals surface area (Å²) >= 11 is 0. The van der Waals surface area contributed by atoms with Crippen molar-refractivity contribution < 1.29 is 13.2 Å². The highest BCUT2D eigenvalue weighted by Gasteiger charge is 2.26. The topological polar surface area (TPSA) is 54.2 Å². The van der Waals surface area contributed by atoms with E-state index in [9.17, 15) is 13.2 Å². The van der Waals surface area contributed by atoms with Crippen LogP contribution in [0.4, 0.5) is 13.2 Å². The van der Waals surface area contributed by atoms with E-state index < -0.39 is 12.6 Å². The maximum absolute atomic E-state index is 12.1. The molecule has 0 saturated carbocycles. The summed E-state index contributed by atoms with van der Waals surface area (Å²) in [5.41, 5.74) is 3.21. The molecule has 0 aliphatic heterocycles. The molecule has 5 nitrogen and oxygen atoms in total. The molecule has 1 aromatic rings. The minimum atomic E-state index is -4.17. The second-order valence-corrected chi connectivity index (χ2v) is 4.92. The second-order valence-electron chi connectivity index (χ2n) is 4.92. The Morgan fingerprint density at radius 3 is 2.41 bits per heavy atom. The molecule has 0 aromatic carbocycles. The molecule has 0 unspecified atom stereocenters. The van der Waals surface area contributed by atoms with Gasteiger partial charge in [0.05, 0.1) is 12.1 Å². The van der Waals surface area contributed by atoms with Crippen LogP contribution in [0, 0.1) is 0 Å². The van der Waals surface area contributed by atoms with Crippen molar-refractivity contribution in [3.8, 4) is 0 Å². The molecule has 0 aliphatic rings. The molecule has 1 rings (SSSR count). The number of aromatic nitrogens is 2. The van der Waals surface area contributed by atoms with Gasteiger partial charge in [0, 0.05) is 38.4 Å². The third kappa shape index (κ3) is 5.23. The van der Waals surface area contributed by atoms with Gasteiger partial charge in [0.25, 0.3) is 0 Å². The van der Waals surface area contributed by atoms with Crippen LogP contribution >= 0.6 is 0 Å². The number of aryl methyl sites for hydroxylation is 2. The van der Waals surface area contributed by atoms with Crippen molar-refractivity contribution in [1.29, 1.82) is 0 Å². The Balaban J connectivity index is 2.64. The molecule has 0 atom stereocenters. The van der Waals surface area contributed by atoms with Gasteiger partial charge in [-0.05, 0) is 12.8 Å². The molecule has 0 aliphatic carbocycles. The first-order valence-corrected chi connectivity index (χ1v) is 7.37. The first-order chi connectivity index (χ1) is 10.3. The molecule has 0 fully saturated rings. The van der Waals surface area contributed by atoms with Crippen LogP contribution in [0.3, 0.4) is 0 Å². The molecule has 1 aromatic heterocycles. The minimum Gasteiger partial charge on any atom is -0.356 e. The fourth-order valence-electron chi connectivity index (χ4n) is 2.31. The summed E-state index contributed by atoms with van der Waals surface area (Å²) in [6.07, 6.45) is -3.40. The Morgan fingerprint density at radius 2 is 1.91 bits per heavy atom. The summed E-state index contributed by atoms with van der Waals surface area (Å²) in [4.78, 5) is 3.94. The largest absolute Gasteiger partial charge is 0.390 e. The zero-order valence-electron chi connectivity index (χ0n) is 13.5. The maximum atomic E-state index is 12.1. The average molecular weight is 319 g/mol. The lowest BCUT2D eigenvalue weighted by Gasteiger charge is -2.13. The fraction of sp³-hybridized carbons (Fsp3) is 0.714. The van der Waals surface area contributed by atoms with Gasteiger partial charge in [-0.2, -0.15) is 18.3 Å². The quantitative estimate of drug-likeness (QED) is 0.624. The lowest BCUT2D eigenvalue weighted by atomic mass is 10.1. The van der Waals surface area contributed by atoms with E-state index in [1.54, 1.807) is 0 Å². The van der Waals surface area contributed by atoms with Gasteiger partial charge in [-0.3, -0.25) is 9.67 Å². The molecular weight excluding hydrogens is 295 g/mol. The van der Waals surface area contributed by atoms with Crippen LogP contribution in [-0.4, -0.2) is 35.5 Å². The van der Waals surface area contributed by atoms with Gasteiger partial charge >= 0.3 is 6.18 Å². The van der Waals surface area contributed by atoms with E-state index in [0.29, 0.717) is 12.5 Å². The monoisotopic (exact) mass is 319 g/mol. The number of alkyl halides is 3. The van der Waals surface area contributed by atoms with Crippen LogP contribution in [0.1, 0.15) is 37.2 Å². The normalized spacial score (nSPS) is 12.6. The Hall–Kier alpha value is -1.73. The number of guanidine groups is 1. The number of nitrogens with one attached hydrogen (secondary N) is 2. The second kappa shape index (κ2) is 8.05. The molecule has 0 amide bonds. The number of hydrogen-bond acceptors (Lipinski definition) is 2. The van der Waals surface area contributed by atoms with E-state index in [4.69, 9.17) is 0 Å². The molecule has 0 bridgehead atoms. The van der Waals surface area contributed by atoms with Gasteiger partial charge < -0.3 is 10.6 Å². The Bertz CT molecular complexity index is 505. The highest BCUT2D eigenvalue weighted by atomic mass is 19.4. The first-order valence-electron chi connectivity index (χ1n) is 7.37. The lowest BCUT2D eigenvalue weighted by molar-refractivity contribution is -0.132. The smallest absolute Gasteiger partial charge is 0.356 e. The van der Waals surface area contributed by atoms with Crippen LogP contribution in [0.2, 0.25) is 0 Å². The summed E-state index contributed by atoms with van der Waals surface area (Å²) in [7, 11) is 3.44. The Kier molecular flexibility index (Phi) is 6.70. The van der Waals surface area contributed by atoms with Gasteiger partial charge in [-0.15, -0.1) is 0 Å². The molecule has 0 spiro atoms. The maximum Gasteiger partial charge on any atom is 0.390 e.